The number of carbonyl (C=O) groups excluding carboxylic acids is 2. The number of likely N-dealkylation sites (tertiary alicyclic amines) is 2. The molecule has 2 aliphatic carbocycles. The van der Waals surface area contributed by atoms with Crippen LogP contribution >= 0.6 is 23.2 Å². The number of fused-ring (bicyclic) bond motifs is 2. The zero-order chi connectivity index (χ0) is 67.4. The molecule has 4 aliphatic rings. The van der Waals surface area contributed by atoms with Crippen LogP contribution in [0.1, 0.15) is 122 Å². The Balaban J connectivity index is 0.605. The Morgan fingerprint density at radius 2 is 1.16 bits per heavy atom. The average molecular weight is 1380 g/mol. The number of benzene rings is 4. The summed E-state index contributed by atoms with van der Waals surface area (Å²) in [4.78, 5) is 38.3. The average Bonchev–Trinajstić information content (AvgIpc) is 1.47. The van der Waals surface area contributed by atoms with E-state index < -0.39 is 19.9 Å². The molecule has 21 nitrogen and oxygen atoms in total. The fourth-order valence-electron chi connectivity index (χ4n) is 13.1. The van der Waals surface area contributed by atoms with Crippen molar-refractivity contribution < 1.29 is 54.8 Å². The number of hydrogen-bond acceptors (Lipinski definition) is 17. The Morgan fingerprint density at radius 3 is 1.74 bits per heavy atom. The number of aryl methyl sites for hydroxylation is 2. The van der Waals surface area contributed by atoms with E-state index >= 15 is 0 Å². The Morgan fingerprint density at radius 1 is 0.638 bits per heavy atom. The Labute approximate surface area is 567 Å². The highest BCUT2D eigenvalue weighted by atomic mass is 35.5. The predicted octanol–water partition coefficient (Wildman–Crippen LogP) is 9.59. The molecule has 0 radical (unpaired) electrons. The van der Waals surface area contributed by atoms with Crippen molar-refractivity contribution in [2.75, 3.05) is 133 Å². The van der Waals surface area contributed by atoms with Gasteiger partial charge in [-0.2, -0.15) is 5.26 Å². The van der Waals surface area contributed by atoms with Crippen LogP contribution in [-0.4, -0.2) is 205 Å². The third-order valence-corrected chi connectivity index (χ3v) is 22.0. The molecule has 3 N–H and O–H groups in total. The van der Waals surface area contributed by atoms with E-state index in [-0.39, 0.29) is 97.8 Å². The molecule has 2 fully saturated rings. The first-order valence-corrected chi connectivity index (χ1v) is 36.9. The van der Waals surface area contributed by atoms with Gasteiger partial charge in [-0.1, -0.05) is 29.6 Å². The second-order valence-corrected chi connectivity index (χ2v) is 30.1. The predicted molar refractivity (Wildman–Crippen MR) is 364 cm³/mol. The van der Waals surface area contributed by atoms with Gasteiger partial charge >= 0.3 is 6.03 Å². The highest BCUT2D eigenvalue weighted by Gasteiger charge is 2.43. The van der Waals surface area contributed by atoms with E-state index in [1.807, 2.05) is 26.0 Å². The van der Waals surface area contributed by atoms with Gasteiger partial charge in [0.2, 0.25) is 10.0 Å². The molecule has 8 rings (SSSR count). The second kappa shape index (κ2) is 36.2. The lowest BCUT2D eigenvalue weighted by molar-refractivity contribution is -0.119. The number of nitrogens with one attached hydrogen (secondary N) is 3. The van der Waals surface area contributed by atoms with Crippen molar-refractivity contribution in [3.8, 4) is 17.6 Å². The van der Waals surface area contributed by atoms with Crippen LogP contribution in [0, 0.1) is 31.8 Å². The number of sulfone groups is 1. The lowest BCUT2D eigenvalue weighted by Crippen LogP contribution is -2.51. The molecule has 514 valence electrons. The van der Waals surface area contributed by atoms with E-state index in [1.54, 1.807) is 48.5 Å². The van der Waals surface area contributed by atoms with Crippen molar-refractivity contribution in [2.24, 2.45) is 0 Å². The van der Waals surface area contributed by atoms with Crippen LogP contribution in [-0.2, 0) is 56.4 Å². The van der Waals surface area contributed by atoms with Crippen molar-refractivity contribution in [2.45, 2.75) is 143 Å². The number of rotatable bonds is 37. The highest BCUT2D eigenvalue weighted by Crippen LogP contribution is 2.46. The number of urea groups is 1. The molecule has 2 amide bonds. The molecule has 25 heteroatoms. The van der Waals surface area contributed by atoms with Gasteiger partial charge in [-0.3, -0.25) is 14.6 Å². The van der Waals surface area contributed by atoms with E-state index in [2.05, 4.69) is 74.1 Å². The topological polar surface area (TPSA) is 235 Å². The van der Waals surface area contributed by atoms with Gasteiger partial charge in [0.1, 0.15) is 29.5 Å². The van der Waals surface area contributed by atoms with Gasteiger partial charge in [0.15, 0.2) is 15.5 Å². The Bertz CT molecular complexity index is 3290. The van der Waals surface area contributed by atoms with Crippen LogP contribution in [0.3, 0.4) is 0 Å². The number of ketones is 1. The summed E-state index contributed by atoms with van der Waals surface area (Å²) in [6.45, 7) is 18.2. The first-order valence-electron chi connectivity index (χ1n) is 33.0. The van der Waals surface area contributed by atoms with Crippen LogP contribution in [0.15, 0.2) is 70.5 Å². The summed E-state index contributed by atoms with van der Waals surface area (Å²) in [6, 6.07) is 19.9. The SMILES string of the molecule is [C-]#[N+]c1cc(Cl)cc2c1C[C@H](N1CCC[C@@H](N(C)C)C1)[C@H]2Oc1ccc(S(=O)(=O)NCCOCCOCCCC(=O)CCCCCNC(=O)NCCOCCOCCCS(=O)(=O)c2ccc(O[C@H]3c4cc(Cl)cc(C#N)c4C[C@@H]3N3CCC[C@@H](N(C)C)C3)c(C)c2)cc1C. The van der Waals surface area contributed by atoms with Gasteiger partial charge in [-0.05, 0) is 213 Å². The number of nitrogens with zero attached hydrogens (tertiary/aromatic N) is 6. The number of piperidine rings is 2. The zero-order valence-electron chi connectivity index (χ0n) is 55.4. The fourth-order valence-corrected chi connectivity index (χ4v) is 16.0. The number of likely N-dealkylation sites (N-methyl/N-ethyl adjacent to an activating group) is 2. The minimum Gasteiger partial charge on any atom is -0.484 e. The summed E-state index contributed by atoms with van der Waals surface area (Å²) in [7, 11) is 0.972. The third kappa shape index (κ3) is 21.0. The van der Waals surface area contributed by atoms with Gasteiger partial charge in [-0.15, -0.1) is 0 Å². The summed E-state index contributed by atoms with van der Waals surface area (Å²) in [5.41, 5.74) is 6.16. The summed E-state index contributed by atoms with van der Waals surface area (Å²) in [5, 5.41) is 16.5. The molecule has 0 bridgehead atoms. The van der Waals surface area contributed by atoms with Crippen LogP contribution in [0.5, 0.6) is 11.5 Å². The number of sulfonamides is 1. The highest BCUT2D eigenvalue weighted by molar-refractivity contribution is 7.91. The molecule has 0 spiro atoms. The molecule has 0 unspecified atom stereocenters. The number of amides is 2. The Hall–Kier alpha value is -5.48. The number of nitriles is 1. The monoisotopic (exact) mass is 1380 g/mol. The fraction of sp³-hybridized carbons (Fsp3) is 0.594. The van der Waals surface area contributed by atoms with Crippen molar-refractivity contribution in [3.63, 3.8) is 0 Å². The third-order valence-electron chi connectivity index (χ3n) is 18.3. The largest absolute Gasteiger partial charge is 0.484 e. The van der Waals surface area contributed by atoms with E-state index in [0.717, 1.165) is 93.4 Å². The van der Waals surface area contributed by atoms with E-state index in [0.29, 0.717) is 121 Å². The smallest absolute Gasteiger partial charge is 0.314 e. The standard InChI is InChI=1S/C69H95Cl2N9O12S2/c1-48-37-56(19-21-65(48)91-67-60-40-51(70)39-50(45-72)58(60)43-63(67)79-26-11-15-53(46-79)77(4)5)93(83,84)36-14-29-88-33-34-89-30-24-75-69(82)74-23-10-8-9-17-55(81)18-13-28-87-32-35-90-31-25-76-94(85,86)57-20-22-66(49(2)38-57)92-68-61-41-52(71)42-62(73-3)59(61)44-64(68)80-27-12-16-54(47-80)78(6)7/h19-22,37-42,53-54,63-64,67-68,76H,8-18,23-36,43-44,46-47H2,1-2,4-7H3,(H2,74,75,82)/t53-,54-,63+,64+,67+,68+/m1/s1. The van der Waals surface area contributed by atoms with Crippen LogP contribution < -0.4 is 24.8 Å². The second-order valence-electron chi connectivity index (χ2n) is 25.4. The number of carbonyl (C=O) groups is 2. The summed E-state index contributed by atoms with van der Waals surface area (Å²) < 4.78 is 92.0. The van der Waals surface area contributed by atoms with Crippen LogP contribution in [0.4, 0.5) is 10.5 Å². The van der Waals surface area contributed by atoms with Gasteiger partial charge < -0.3 is 48.9 Å². The summed E-state index contributed by atoms with van der Waals surface area (Å²) in [5.74, 6) is 1.22. The number of unbranched alkanes of at least 4 members (excludes halogenated alkanes) is 2. The molecule has 94 heavy (non-hydrogen) atoms. The van der Waals surface area contributed by atoms with Gasteiger partial charge in [-0.25, -0.2) is 31.2 Å². The maximum atomic E-state index is 13.4. The number of ether oxygens (including phenoxy) is 6. The van der Waals surface area contributed by atoms with E-state index in [9.17, 15) is 31.7 Å². The molecule has 0 saturated carbocycles. The van der Waals surface area contributed by atoms with E-state index in [1.165, 1.54) is 0 Å². The Kier molecular flexibility index (Phi) is 28.6. The van der Waals surface area contributed by atoms with Gasteiger partial charge in [0, 0.05) is 80.9 Å². The summed E-state index contributed by atoms with van der Waals surface area (Å²) >= 11 is 13.0. The van der Waals surface area contributed by atoms with Crippen molar-refractivity contribution in [1.82, 2.24) is 35.0 Å². The van der Waals surface area contributed by atoms with Crippen molar-refractivity contribution >= 4 is 60.6 Å². The molecule has 6 atom stereocenters. The van der Waals surface area contributed by atoms with Gasteiger partial charge in [0.05, 0.1) is 85.5 Å². The van der Waals surface area contributed by atoms with Gasteiger partial charge in [0.25, 0.3) is 0 Å². The molecular weight excluding hydrogens is 1280 g/mol. The molecule has 2 saturated heterocycles. The first-order chi connectivity index (χ1) is 45.2. The molecular formula is C69H95Cl2N9O12S2. The molecule has 0 aromatic heterocycles. The zero-order valence-corrected chi connectivity index (χ0v) is 58.5. The van der Waals surface area contributed by atoms with Crippen LogP contribution in [0.25, 0.3) is 4.85 Å². The van der Waals surface area contributed by atoms with Crippen LogP contribution in [0.2, 0.25) is 10.0 Å². The van der Waals surface area contributed by atoms with E-state index in [4.69, 9.17) is 58.2 Å². The maximum absolute atomic E-state index is 13.4. The summed E-state index contributed by atoms with van der Waals surface area (Å²) in [6.07, 6.45) is 8.92. The number of hydrogen-bond donors (Lipinski definition) is 3. The van der Waals surface area contributed by atoms with Crippen molar-refractivity contribution in [3.05, 3.63) is 121 Å². The first kappa shape index (κ1) is 74.3. The quantitative estimate of drug-likeness (QED) is 0.0281. The molecule has 4 aromatic carbocycles. The molecule has 2 heterocycles. The number of halogens is 2. The van der Waals surface area contributed by atoms with Crippen molar-refractivity contribution in [1.29, 1.82) is 5.26 Å². The lowest BCUT2D eigenvalue weighted by atomic mass is 10.0. The minimum atomic E-state index is -3.84. The minimum absolute atomic E-state index is 0.00860. The molecule has 2 aliphatic heterocycles. The number of Topliss-reactive ketones (excluding diaryl/α,β-unsaturated/α-hetero) is 1. The molecule has 4 aromatic rings. The maximum Gasteiger partial charge on any atom is 0.314 e. The normalized spacial score (nSPS) is 20.0. The lowest BCUT2D eigenvalue weighted by Gasteiger charge is -2.41.